The second-order valence-corrected chi connectivity index (χ2v) is 6.97. The van der Waals surface area contributed by atoms with Crippen molar-refractivity contribution in [3.8, 4) is 0 Å². The lowest BCUT2D eigenvalue weighted by Crippen LogP contribution is -2.42. The van der Waals surface area contributed by atoms with Gasteiger partial charge in [0.05, 0.1) is 10.5 Å². The summed E-state index contributed by atoms with van der Waals surface area (Å²) < 4.78 is 0. The summed E-state index contributed by atoms with van der Waals surface area (Å²) in [4.78, 5) is 26.1. The van der Waals surface area contributed by atoms with Crippen LogP contribution in [0.2, 0.25) is 0 Å². The molecule has 2 N–H and O–H groups in total. The minimum Gasteiger partial charge on any atom is -0.388 e. The number of carbonyl (C=O) groups is 2. The van der Waals surface area contributed by atoms with Crippen molar-refractivity contribution in [2.45, 2.75) is 44.1 Å². The highest BCUT2D eigenvalue weighted by molar-refractivity contribution is 7.12. The van der Waals surface area contributed by atoms with Crippen LogP contribution in [0.25, 0.3) is 0 Å². The van der Waals surface area contributed by atoms with Crippen molar-refractivity contribution in [3.63, 3.8) is 0 Å². The monoisotopic (exact) mass is 324 g/mol. The number of amides is 2. The van der Waals surface area contributed by atoms with Crippen LogP contribution in [0.4, 0.5) is 0 Å². The summed E-state index contributed by atoms with van der Waals surface area (Å²) in [5.41, 5.74) is -0.697. The van der Waals surface area contributed by atoms with Crippen molar-refractivity contribution >= 4 is 23.2 Å². The first-order valence-electron chi connectivity index (χ1n) is 7.78. The zero-order valence-electron chi connectivity index (χ0n) is 13.0. The lowest BCUT2D eigenvalue weighted by molar-refractivity contribution is -0.133. The molecule has 2 amide bonds. The van der Waals surface area contributed by atoms with Crippen LogP contribution in [0.5, 0.6) is 0 Å². The molecule has 0 aromatic carbocycles. The van der Waals surface area contributed by atoms with Crippen molar-refractivity contribution in [3.05, 3.63) is 22.4 Å². The predicted molar refractivity (Wildman–Crippen MR) is 86.9 cm³/mol. The first-order chi connectivity index (χ1) is 10.5. The Bertz CT molecular complexity index is 495. The Hall–Kier alpha value is -1.40. The van der Waals surface area contributed by atoms with Gasteiger partial charge in [-0.25, -0.2) is 0 Å². The molecule has 1 aliphatic rings. The molecule has 5 nitrogen and oxygen atoms in total. The molecule has 0 aliphatic heterocycles. The highest BCUT2D eigenvalue weighted by atomic mass is 32.1. The van der Waals surface area contributed by atoms with E-state index in [0.717, 1.165) is 25.7 Å². The van der Waals surface area contributed by atoms with E-state index in [1.807, 2.05) is 11.4 Å². The minimum absolute atomic E-state index is 0.0192. The molecular weight excluding hydrogens is 300 g/mol. The number of carbonyl (C=O) groups excluding carboxylic acids is 2. The normalized spacial score (nSPS) is 16.5. The summed E-state index contributed by atoms with van der Waals surface area (Å²) in [6.45, 7) is 0.897. The average Bonchev–Trinajstić information content (AvgIpc) is 3.14. The van der Waals surface area contributed by atoms with Crippen molar-refractivity contribution < 1.29 is 14.7 Å². The fourth-order valence-corrected chi connectivity index (χ4v) is 3.49. The van der Waals surface area contributed by atoms with E-state index < -0.39 is 5.60 Å². The Morgan fingerprint density at radius 3 is 2.77 bits per heavy atom. The Balaban J connectivity index is 1.63. The topological polar surface area (TPSA) is 69.6 Å². The summed E-state index contributed by atoms with van der Waals surface area (Å²) in [5, 5.41) is 15.0. The molecule has 0 bridgehead atoms. The van der Waals surface area contributed by atoms with E-state index in [0.29, 0.717) is 30.8 Å². The Morgan fingerprint density at radius 1 is 1.41 bits per heavy atom. The van der Waals surface area contributed by atoms with Crippen molar-refractivity contribution in [2.75, 3.05) is 20.1 Å². The number of likely N-dealkylation sites (N-methyl/N-ethyl adjacent to an activating group) is 1. The van der Waals surface area contributed by atoms with E-state index in [-0.39, 0.29) is 11.8 Å². The highest BCUT2D eigenvalue weighted by Crippen LogP contribution is 2.30. The molecule has 1 aromatic heterocycles. The number of nitrogens with one attached hydrogen (secondary N) is 1. The molecule has 0 saturated heterocycles. The maximum absolute atomic E-state index is 12.1. The van der Waals surface area contributed by atoms with Gasteiger partial charge >= 0.3 is 0 Å². The van der Waals surface area contributed by atoms with E-state index in [2.05, 4.69) is 5.32 Å². The Kier molecular flexibility index (Phi) is 5.97. The first kappa shape index (κ1) is 17.0. The molecular formula is C16H24N2O3S. The number of rotatable bonds is 7. The third-order valence-electron chi connectivity index (χ3n) is 4.09. The quantitative estimate of drug-likeness (QED) is 0.754. The van der Waals surface area contributed by atoms with Gasteiger partial charge in [-0.05, 0) is 30.7 Å². The Morgan fingerprint density at radius 2 is 2.14 bits per heavy atom. The molecule has 0 unspecified atom stereocenters. The van der Waals surface area contributed by atoms with E-state index in [9.17, 15) is 14.7 Å². The molecule has 1 heterocycles. The van der Waals surface area contributed by atoms with E-state index in [4.69, 9.17) is 0 Å². The maximum atomic E-state index is 12.1. The van der Waals surface area contributed by atoms with Crippen molar-refractivity contribution in [2.24, 2.45) is 0 Å². The number of hydrogen-bond acceptors (Lipinski definition) is 4. The second-order valence-electron chi connectivity index (χ2n) is 6.02. The first-order valence-corrected chi connectivity index (χ1v) is 8.66. The van der Waals surface area contributed by atoms with Crippen molar-refractivity contribution in [1.29, 1.82) is 0 Å². The van der Waals surface area contributed by atoms with Crippen LogP contribution in [-0.4, -0.2) is 47.6 Å². The van der Waals surface area contributed by atoms with Crippen LogP contribution >= 0.6 is 11.3 Å². The lowest BCUT2D eigenvalue weighted by atomic mass is 10.0. The van der Waals surface area contributed by atoms with Gasteiger partial charge in [-0.2, -0.15) is 0 Å². The SMILES string of the molecule is CN(CC1(O)CCCC1)C(=O)CCCNC(=O)c1cccs1. The molecule has 1 aliphatic carbocycles. The van der Waals surface area contributed by atoms with Crippen LogP contribution in [-0.2, 0) is 4.79 Å². The molecule has 122 valence electrons. The third kappa shape index (κ3) is 4.81. The van der Waals surface area contributed by atoms with Crippen molar-refractivity contribution in [1.82, 2.24) is 10.2 Å². The fraction of sp³-hybridized carbons (Fsp3) is 0.625. The smallest absolute Gasteiger partial charge is 0.261 e. The summed E-state index contributed by atoms with van der Waals surface area (Å²) >= 11 is 1.40. The van der Waals surface area contributed by atoms with E-state index >= 15 is 0 Å². The van der Waals surface area contributed by atoms with E-state index in [1.54, 1.807) is 18.0 Å². The van der Waals surface area contributed by atoms with Crippen LogP contribution in [0.3, 0.4) is 0 Å². The summed E-state index contributed by atoms with van der Waals surface area (Å²) in [6.07, 6.45) is 4.62. The molecule has 0 atom stereocenters. The number of aliphatic hydroxyl groups is 1. The number of thiophene rings is 1. The van der Waals surface area contributed by atoms with Gasteiger partial charge in [-0.3, -0.25) is 9.59 Å². The van der Waals surface area contributed by atoms with Gasteiger partial charge in [0.15, 0.2) is 0 Å². The molecule has 0 radical (unpaired) electrons. The van der Waals surface area contributed by atoms with Gasteiger partial charge in [0.25, 0.3) is 5.91 Å². The second kappa shape index (κ2) is 7.74. The lowest BCUT2D eigenvalue weighted by Gasteiger charge is -2.28. The van der Waals surface area contributed by atoms with Crippen LogP contribution < -0.4 is 5.32 Å². The fourth-order valence-electron chi connectivity index (χ4n) is 2.85. The molecule has 6 heteroatoms. The molecule has 1 aromatic rings. The zero-order valence-corrected chi connectivity index (χ0v) is 13.8. The number of hydrogen-bond donors (Lipinski definition) is 2. The van der Waals surface area contributed by atoms with Gasteiger partial charge in [-0.1, -0.05) is 18.9 Å². The van der Waals surface area contributed by atoms with Crippen LogP contribution in [0, 0.1) is 0 Å². The standard InChI is InChI=1S/C16H24N2O3S/c1-18(12-16(21)8-2-3-9-16)14(19)7-4-10-17-15(20)13-6-5-11-22-13/h5-6,11,21H,2-4,7-10,12H2,1H3,(H,17,20). The summed E-state index contributed by atoms with van der Waals surface area (Å²) in [7, 11) is 1.74. The zero-order chi connectivity index (χ0) is 16.0. The average molecular weight is 324 g/mol. The van der Waals surface area contributed by atoms with Gasteiger partial charge in [0.2, 0.25) is 5.91 Å². The number of nitrogens with zero attached hydrogens (tertiary/aromatic N) is 1. The summed E-state index contributed by atoms with van der Waals surface area (Å²) in [5.74, 6) is -0.0678. The molecule has 22 heavy (non-hydrogen) atoms. The Labute approximate surface area is 135 Å². The largest absolute Gasteiger partial charge is 0.388 e. The molecule has 1 fully saturated rings. The van der Waals surface area contributed by atoms with Gasteiger partial charge in [-0.15, -0.1) is 11.3 Å². The molecule has 1 saturated carbocycles. The predicted octanol–water partition coefficient (Wildman–Crippen LogP) is 2.02. The maximum Gasteiger partial charge on any atom is 0.261 e. The molecule has 2 rings (SSSR count). The van der Waals surface area contributed by atoms with Gasteiger partial charge < -0.3 is 15.3 Å². The summed E-state index contributed by atoms with van der Waals surface area (Å²) in [6, 6.07) is 3.62. The van der Waals surface area contributed by atoms with Gasteiger partial charge in [0, 0.05) is 26.6 Å². The van der Waals surface area contributed by atoms with E-state index in [1.165, 1.54) is 11.3 Å². The molecule has 0 spiro atoms. The third-order valence-corrected chi connectivity index (χ3v) is 4.96. The highest BCUT2D eigenvalue weighted by Gasteiger charge is 2.33. The van der Waals surface area contributed by atoms with Gasteiger partial charge in [0.1, 0.15) is 0 Å². The van der Waals surface area contributed by atoms with Crippen LogP contribution in [0.1, 0.15) is 48.2 Å². The minimum atomic E-state index is -0.697. The van der Waals surface area contributed by atoms with Crippen LogP contribution in [0.15, 0.2) is 17.5 Å².